The van der Waals surface area contributed by atoms with Gasteiger partial charge in [0.25, 0.3) is 0 Å². The fourth-order valence-corrected chi connectivity index (χ4v) is 3.87. The van der Waals surface area contributed by atoms with E-state index in [9.17, 15) is 9.59 Å². The quantitative estimate of drug-likeness (QED) is 0.780. The first-order valence-electron chi connectivity index (χ1n) is 9.21. The Bertz CT molecular complexity index is 1070. The van der Waals surface area contributed by atoms with Crippen molar-refractivity contribution in [1.29, 1.82) is 0 Å². The predicted molar refractivity (Wildman–Crippen MR) is 108 cm³/mol. The van der Waals surface area contributed by atoms with E-state index in [1.807, 2.05) is 67.4 Å². The van der Waals surface area contributed by atoms with E-state index in [1.165, 1.54) is 0 Å². The molecule has 5 nitrogen and oxygen atoms in total. The Labute approximate surface area is 158 Å². The lowest BCUT2D eigenvalue weighted by Gasteiger charge is -2.29. The molecule has 0 unspecified atom stereocenters. The third kappa shape index (κ3) is 3.38. The van der Waals surface area contributed by atoms with Crippen molar-refractivity contribution in [1.82, 2.24) is 9.47 Å². The van der Waals surface area contributed by atoms with Crippen LogP contribution < -0.4 is 10.7 Å². The van der Waals surface area contributed by atoms with Crippen LogP contribution in [0.2, 0.25) is 0 Å². The molecule has 0 aliphatic carbocycles. The van der Waals surface area contributed by atoms with Crippen molar-refractivity contribution in [3.63, 3.8) is 0 Å². The van der Waals surface area contributed by atoms with Crippen molar-refractivity contribution in [2.45, 2.75) is 19.9 Å². The zero-order valence-corrected chi connectivity index (χ0v) is 15.7. The van der Waals surface area contributed by atoms with Gasteiger partial charge in [0.15, 0.2) is 5.43 Å². The average molecular weight is 361 g/mol. The van der Waals surface area contributed by atoms with Gasteiger partial charge in [-0.3, -0.25) is 14.5 Å². The smallest absolute Gasteiger partial charge is 0.238 e. The lowest BCUT2D eigenvalue weighted by atomic mass is 10.0. The molecule has 2 aromatic carbocycles. The highest BCUT2D eigenvalue weighted by molar-refractivity contribution is 5.92. The number of benzene rings is 2. The molecule has 4 rings (SSSR count). The van der Waals surface area contributed by atoms with Crippen LogP contribution in [0.25, 0.3) is 10.9 Å². The van der Waals surface area contributed by atoms with Crippen LogP contribution in [0.4, 0.5) is 5.69 Å². The summed E-state index contributed by atoms with van der Waals surface area (Å²) in [4.78, 5) is 27.5. The second kappa shape index (κ2) is 7.00. The van der Waals surface area contributed by atoms with Crippen molar-refractivity contribution in [3.05, 3.63) is 75.6 Å². The van der Waals surface area contributed by atoms with Gasteiger partial charge in [-0.2, -0.15) is 0 Å². The molecular weight excluding hydrogens is 338 g/mol. The van der Waals surface area contributed by atoms with Crippen LogP contribution in [0.1, 0.15) is 16.8 Å². The zero-order valence-electron chi connectivity index (χ0n) is 15.7. The first kappa shape index (κ1) is 17.5. The van der Waals surface area contributed by atoms with Crippen molar-refractivity contribution in [2.24, 2.45) is 7.05 Å². The minimum atomic E-state index is -0.0573. The number of nitrogens with one attached hydrogen (secondary N) is 1. The number of rotatable bonds is 3. The lowest BCUT2D eigenvalue weighted by Crippen LogP contribution is -2.40. The highest BCUT2D eigenvalue weighted by Crippen LogP contribution is 2.21. The summed E-state index contributed by atoms with van der Waals surface area (Å²) < 4.78 is 2.13. The molecule has 0 radical (unpaired) electrons. The summed E-state index contributed by atoms with van der Waals surface area (Å²) in [6, 6.07) is 15.5. The summed E-state index contributed by atoms with van der Waals surface area (Å²) in [6.45, 7) is 3.55. The molecule has 27 heavy (non-hydrogen) atoms. The van der Waals surface area contributed by atoms with E-state index in [4.69, 9.17) is 0 Å². The van der Waals surface area contributed by atoms with Crippen molar-refractivity contribution in [2.75, 3.05) is 18.4 Å². The van der Waals surface area contributed by atoms with Crippen LogP contribution in [-0.2, 0) is 24.8 Å². The maximum atomic E-state index is 13.1. The van der Waals surface area contributed by atoms with Crippen LogP contribution >= 0.6 is 0 Å². The van der Waals surface area contributed by atoms with Crippen molar-refractivity contribution >= 4 is 22.5 Å². The highest BCUT2D eigenvalue weighted by Gasteiger charge is 2.24. The summed E-state index contributed by atoms with van der Waals surface area (Å²) in [5.74, 6) is -0.0573. The maximum Gasteiger partial charge on any atom is 0.238 e. The van der Waals surface area contributed by atoms with Gasteiger partial charge >= 0.3 is 0 Å². The molecular formula is C22H23N3O2. The third-order valence-electron chi connectivity index (χ3n) is 5.26. The molecule has 0 atom stereocenters. The van der Waals surface area contributed by atoms with Crippen LogP contribution in [0.15, 0.2) is 53.3 Å². The van der Waals surface area contributed by atoms with E-state index in [0.717, 1.165) is 46.4 Å². The molecule has 0 saturated heterocycles. The number of aromatic nitrogens is 1. The second-order valence-electron chi connectivity index (χ2n) is 7.21. The zero-order chi connectivity index (χ0) is 19.0. The largest absolute Gasteiger partial charge is 0.347 e. The van der Waals surface area contributed by atoms with E-state index >= 15 is 0 Å². The number of amides is 1. The fourth-order valence-electron chi connectivity index (χ4n) is 3.87. The second-order valence-corrected chi connectivity index (χ2v) is 7.21. The minimum absolute atomic E-state index is 0.0573. The SMILES string of the molecule is Cc1ccc2c(c1)c(=O)c1c(n2C)CCN(CC(=O)Nc2ccccc2)C1. The molecule has 0 bridgehead atoms. The molecule has 1 aromatic heterocycles. The van der Waals surface area contributed by atoms with E-state index < -0.39 is 0 Å². The number of pyridine rings is 1. The van der Waals surface area contributed by atoms with Crippen LogP contribution in [0.3, 0.4) is 0 Å². The summed E-state index contributed by atoms with van der Waals surface area (Å²) >= 11 is 0. The Morgan fingerprint density at radius 2 is 1.93 bits per heavy atom. The Morgan fingerprint density at radius 3 is 2.70 bits per heavy atom. The van der Waals surface area contributed by atoms with Crippen LogP contribution in [0, 0.1) is 6.92 Å². The topological polar surface area (TPSA) is 54.3 Å². The van der Waals surface area contributed by atoms with Gasteiger partial charge in [-0.1, -0.05) is 29.8 Å². The van der Waals surface area contributed by atoms with Crippen LogP contribution in [0.5, 0.6) is 0 Å². The Kier molecular flexibility index (Phi) is 4.54. The van der Waals surface area contributed by atoms with Gasteiger partial charge in [-0.15, -0.1) is 0 Å². The van der Waals surface area contributed by atoms with Gasteiger partial charge in [0.1, 0.15) is 0 Å². The maximum absolute atomic E-state index is 13.1. The van der Waals surface area contributed by atoms with Crippen molar-refractivity contribution < 1.29 is 4.79 Å². The predicted octanol–water partition coefficient (Wildman–Crippen LogP) is 2.84. The molecule has 0 fully saturated rings. The molecule has 0 saturated carbocycles. The number of hydrogen-bond acceptors (Lipinski definition) is 3. The molecule has 5 heteroatoms. The standard InChI is InChI=1S/C22H23N3O2/c1-15-8-9-19-17(12-15)22(27)18-13-25(11-10-20(18)24(19)2)14-21(26)23-16-6-4-3-5-7-16/h3-9,12H,10-11,13-14H2,1-2H3,(H,23,26). The molecule has 138 valence electrons. The first-order valence-corrected chi connectivity index (χ1v) is 9.21. The molecule has 1 amide bonds. The van der Waals surface area contributed by atoms with Crippen LogP contribution in [-0.4, -0.2) is 28.5 Å². The van der Waals surface area contributed by atoms with Gasteiger partial charge in [-0.25, -0.2) is 0 Å². The van der Waals surface area contributed by atoms with Gasteiger partial charge in [0.2, 0.25) is 5.91 Å². The van der Waals surface area contributed by atoms with Gasteiger partial charge in [0.05, 0.1) is 12.1 Å². The number of hydrogen-bond donors (Lipinski definition) is 1. The van der Waals surface area contributed by atoms with Gasteiger partial charge < -0.3 is 9.88 Å². The number of carbonyl (C=O) groups excluding carboxylic acids is 1. The Morgan fingerprint density at radius 1 is 1.15 bits per heavy atom. The van der Waals surface area contributed by atoms with E-state index in [0.29, 0.717) is 6.54 Å². The van der Waals surface area contributed by atoms with E-state index in [1.54, 1.807) is 0 Å². The Balaban J connectivity index is 1.58. The number of para-hydroxylation sites is 1. The first-order chi connectivity index (χ1) is 13.0. The molecule has 0 spiro atoms. The normalized spacial score (nSPS) is 14.1. The van der Waals surface area contributed by atoms with E-state index in [-0.39, 0.29) is 17.9 Å². The average Bonchev–Trinajstić information content (AvgIpc) is 2.66. The van der Waals surface area contributed by atoms with Gasteiger partial charge in [-0.05, 0) is 31.2 Å². The summed E-state index contributed by atoms with van der Waals surface area (Å²) in [6.07, 6.45) is 0.767. The number of anilines is 1. The highest BCUT2D eigenvalue weighted by atomic mass is 16.2. The van der Waals surface area contributed by atoms with E-state index in [2.05, 4.69) is 9.88 Å². The molecule has 1 aliphatic heterocycles. The number of carbonyl (C=O) groups is 1. The summed E-state index contributed by atoms with van der Waals surface area (Å²) in [5, 5.41) is 3.67. The molecule has 1 N–H and O–H groups in total. The lowest BCUT2D eigenvalue weighted by molar-refractivity contribution is -0.117. The Hall–Kier alpha value is -2.92. The monoisotopic (exact) mass is 361 g/mol. The third-order valence-corrected chi connectivity index (χ3v) is 5.26. The molecule has 1 aliphatic rings. The number of fused-ring (bicyclic) bond motifs is 2. The van der Waals surface area contributed by atoms with Gasteiger partial charge in [0, 0.05) is 48.9 Å². The number of nitrogens with zero attached hydrogens (tertiary/aromatic N) is 2. The van der Waals surface area contributed by atoms with Crippen molar-refractivity contribution in [3.8, 4) is 0 Å². The molecule has 2 heterocycles. The fraction of sp³-hybridized carbons (Fsp3) is 0.273. The molecule has 3 aromatic rings. The summed E-state index contributed by atoms with van der Waals surface area (Å²) in [5.41, 5.74) is 4.83. The minimum Gasteiger partial charge on any atom is -0.347 e. The number of aryl methyl sites for hydroxylation is 2. The summed E-state index contributed by atoms with van der Waals surface area (Å²) in [7, 11) is 2.02.